The SMILES string of the molecule is Cc1ccoc1C(=O)N1CCC2(CC1)CN(C(=O)C(C)(C)n1cccc1)CCO2. The molecule has 156 valence electrons. The molecule has 0 aromatic carbocycles. The summed E-state index contributed by atoms with van der Waals surface area (Å²) in [6.07, 6.45) is 6.83. The van der Waals surface area contributed by atoms with Gasteiger partial charge in [0.05, 0.1) is 18.5 Å². The van der Waals surface area contributed by atoms with E-state index in [1.165, 1.54) is 0 Å². The Morgan fingerprint density at radius 1 is 1.07 bits per heavy atom. The van der Waals surface area contributed by atoms with Gasteiger partial charge in [0.1, 0.15) is 5.54 Å². The second kappa shape index (κ2) is 7.37. The number of aromatic nitrogens is 1. The number of likely N-dealkylation sites (tertiary alicyclic amines) is 1. The molecule has 29 heavy (non-hydrogen) atoms. The molecule has 2 aromatic heterocycles. The number of aryl methyl sites for hydroxylation is 1. The van der Waals surface area contributed by atoms with E-state index >= 15 is 0 Å². The van der Waals surface area contributed by atoms with Crippen LogP contribution >= 0.6 is 0 Å². The molecular formula is C22H29N3O4. The summed E-state index contributed by atoms with van der Waals surface area (Å²) in [5.74, 6) is 0.441. The molecule has 4 rings (SSSR count). The van der Waals surface area contributed by atoms with Gasteiger partial charge in [0.2, 0.25) is 5.91 Å². The number of carbonyl (C=O) groups is 2. The predicted molar refractivity (Wildman–Crippen MR) is 108 cm³/mol. The summed E-state index contributed by atoms with van der Waals surface area (Å²) in [6, 6.07) is 5.67. The van der Waals surface area contributed by atoms with E-state index in [2.05, 4.69) is 0 Å². The van der Waals surface area contributed by atoms with Crippen molar-refractivity contribution in [2.24, 2.45) is 0 Å². The zero-order valence-corrected chi connectivity index (χ0v) is 17.4. The molecule has 0 unspecified atom stereocenters. The summed E-state index contributed by atoms with van der Waals surface area (Å²) in [5.41, 5.74) is -0.168. The lowest BCUT2D eigenvalue weighted by molar-refractivity contribution is -0.164. The van der Waals surface area contributed by atoms with Crippen LogP contribution in [0.2, 0.25) is 0 Å². The maximum absolute atomic E-state index is 13.3. The third kappa shape index (κ3) is 3.59. The number of rotatable bonds is 3. The molecule has 0 radical (unpaired) electrons. The second-order valence-corrected chi connectivity index (χ2v) is 8.63. The molecule has 2 aromatic rings. The molecule has 4 heterocycles. The molecule has 7 nitrogen and oxygen atoms in total. The lowest BCUT2D eigenvalue weighted by atomic mass is 9.88. The Bertz CT molecular complexity index is 876. The van der Waals surface area contributed by atoms with Crippen molar-refractivity contribution < 1.29 is 18.7 Å². The molecule has 2 amide bonds. The number of furan rings is 1. The average Bonchev–Trinajstić information content (AvgIpc) is 3.40. The summed E-state index contributed by atoms with van der Waals surface area (Å²) < 4.78 is 13.5. The molecule has 2 saturated heterocycles. The lowest BCUT2D eigenvalue weighted by Gasteiger charge is -2.48. The molecule has 7 heteroatoms. The van der Waals surface area contributed by atoms with E-state index in [1.807, 2.05) is 59.7 Å². The van der Waals surface area contributed by atoms with Crippen molar-refractivity contribution in [2.45, 2.75) is 44.8 Å². The number of amides is 2. The Morgan fingerprint density at radius 2 is 1.76 bits per heavy atom. The number of hydrogen-bond acceptors (Lipinski definition) is 4. The highest BCUT2D eigenvalue weighted by Gasteiger charge is 2.44. The minimum Gasteiger partial charge on any atom is -0.459 e. The maximum atomic E-state index is 13.3. The van der Waals surface area contributed by atoms with Crippen molar-refractivity contribution in [3.63, 3.8) is 0 Å². The van der Waals surface area contributed by atoms with Crippen LogP contribution in [0.25, 0.3) is 0 Å². The first-order chi connectivity index (χ1) is 13.8. The maximum Gasteiger partial charge on any atom is 0.289 e. The molecule has 2 aliphatic rings. The number of nitrogens with zero attached hydrogens (tertiary/aromatic N) is 3. The van der Waals surface area contributed by atoms with E-state index in [0.29, 0.717) is 51.4 Å². The van der Waals surface area contributed by atoms with E-state index in [9.17, 15) is 9.59 Å². The number of morpholine rings is 1. The smallest absolute Gasteiger partial charge is 0.289 e. The van der Waals surface area contributed by atoms with E-state index in [-0.39, 0.29) is 17.4 Å². The molecule has 2 aliphatic heterocycles. The fraction of sp³-hybridized carbons (Fsp3) is 0.545. The van der Waals surface area contributed by atoms with Gasteiger partial charge in [0, 0.05) is 44.1 Å². The number of ether oxygens (including phenoxy) is 1. The van der Waals surface area contributed by atoms with E-state index in [0.717, 1.165) is 5.56 Å². The van der Waals surface area contributed by atoms with Crippen LogP contribution in [-0.4, -0.2) is 64.6 Å². The van der Waals surface area contributed by atoms with Crippen LogP contribution in [0.5, 0.6) is 0 Å². The van der Waals surface area contributed by atoms with Crippen LogP contribution in [0.4, 0.5) is 0 Å². The van der Waals surface area contributed by atoms with Gasteiger partial charge in [0.25, 0.3) is 5.91 Å². The van der Waals surface area contributed by atoms with Gasteiger partial charge in [-0.25, -0.2) is 0 Å². The first-order valence-corrected chi connectivity index (χ1v) is 10.2. The molecule has 0 bridgehead atoms. The van der Waals surface area contributed by atoms with Gasteiger partial charge in [0.15, 0.2) is 5.76 Å². The van der Waals surface area contributed by atoms with Gasteiger partial charge >= 0.3 is 0 Å². The summed E-state index contributed by atoms with van der Waals surface area (Å²) >= 11 is 0. The van der Waals surface area contributed by atoms with Crippen molar-refractivity contribution >= 4 is 11.8 Å². The first kappa shape index (κ1) is 19.8. The molecule has 0 aliphatic carbocycles. The molecule has 0 atom stereocenters. The van der Waals surface area contributed by atoms with Crippen molar-refractivity contribution in [3.05, 3.63) is 48.2 Å². The molecule has 0 N–H and O–H groups in total. The van der Waals surface area contributed by atoms with Gasteiger partial charge < -0.3 is 23.5 Å². The zero-order valence-electron chi connectivity index (χ0n) is 17.4. The van der Waals surface area contributed by atoms with Crippen LogP contribution in [-0.2, 0) is 15.1 Å². The van der Waals surface area contributed by atoms with E-state index in [1.54, 1.807) is 12.3 Å². The Kier molecular flexibility index (Phi) is 5.02. The fourth-order valence-corrected chi connectivity index (χ4v) is 4.38. The largest absolute Gasteiger partial charge is 0.459 e. The molecule has 1 spiro atoms. The minimum absolute atomic E-state index is 0.0696. The van der Waals surface area contributed by atoms with Gasteiger partial charge in [-0.2, -0.15) is 0 Å². The van der Waals surface area contributed by atoms with Crippen LogP contribution in [0, 0.1) is 6.92 Å². The average molecular weight is 399 g/mol. The van der Waals surface area contributed by atoms with Crippen LogP contribution < -0.4 is 0 Å². The highest BCUT2D eigenvalue weighted by molar-refractivity contribution is 5.93. The highest BCUT2D eigenvalue weighted by atomic mass is 16.5. The summed E-state index contributed by atoms with van der Waals surface area (Å²) in [5, 5.41) is 0. The third-order valence-electron chi connectivity index (χ3n) is 6.33. The van der Waals surface area contributed by atoms with E-state index < -0.39 is 5.54 Å². The fourth-order valence-electron chi connectivity index (χ4n) is 4.38. The highest BCUT2D eigenvalue weighted by Crippen LogP contribution is 2.32. The zero-order chi connectivity index (χ0) is 20.6. The Hall–Kier alpha value is -2.54. The van der Waals surface area contributed by atoms with Crippen LogP contribution in [0.15, 0.2) is 41.3 Å². The van der Waals surface area contributed by atoms with Gasteiger partial charge in [-0.15, -0.1) is 0 Å². The lowest BCUT2D eigenvalue weighted by Crippen LogP contribution is -2.61. The molecular weight excluding hydrogens is 370 g/mol. The predicted octanol–water partition coefficient (Wildman–Crippen LogP) is 2.66. The minimum atomic E-state index is -0.643. The Morgan fingerprint density at radius 3 is 2.38 bits per heavy atom. The topological polar surface area (TPSA) is 67.9 Å². The molecule has 2 fully saturated rings. The number of hydrogen-bond donors (Lipinski definition) is 0. The number of carbonyl (C=O) groups excluding carboxylic acids is 2. The Balaban J connectivity index is 1.42. The quantitative estimate of drug-likeness (QED) is 0.796. The van der Waals surface area contributed by atoms with Crippen molar-refractivity contribution in [3.8, 4) is 0 Å². The Labute approximate surface area is 171 Å². The van der Waals surface area contributed by atoms with Crippen molar-refractivity contribution in [1.82, 2.24) is 14.4 Å². The third-order valence-corrected chi connectivity index (χ3v) is 6.33. The van der Waals surface area contributed by atoms with Gasteiger partial charge in [-0.05, 0) is 51.8 Å². The van der Waals surface area contributed by atoms with Gasteiger partial charge in [-0.1, -0.05) is 0 Å². The summed E-state index contributed by atoms with van der Waals surface area (Å²) in [6.45, 7) is 8.66. The normalized spacial score (nSPS) is 19.6. The van der Waals surface area contributed by atoms with Crippen LogP contribution in [0.3, 0.4) is 0 Å². The summed E-state index contributed by atoms with van der Waals surface area (Å²) in [7, 11) is 0. The van der Waals surface area contributed by atoms with E-state index in [4.69, 9.17) is 9.15 Å². The van der Waals surface area contributed by atoms with Crippen LogP contribution in [0.1, 0.15) is 42.8 Å². The summed E-state index contributed by atoms with van der Waals surface area (Å²) in [4.78, 5) is 29.7. The first-order valence-electron chi connectivity index (χ1n) is 10.2. The van der Waals surface area contributed by atoms with Gasteiger partial charge in [-0.3, -0.25) is 9.59 Å². The van der Waals surface area contributed by atoms with Crippen molar-refractivity contribution in [2.75, 3.05) is 32.8 Å². The standard InChI is InChI=1S/C22H29N3O4/c1-17-6-14-28-18(17)19(26)23-11-7-22(8-12-23)16-24(13-15-29-22)20(27)21(2,3)25-9-4-5-10-25/h4-6,9-10,14H,7-8,11-13,15-16H2,1-3H3. The monoisotopic (exact) mass is 399 g/mol. The second-order valence-electron chi connectivity index (χ2n) is 8.63. The number of piperidine rings is 1. The van der Waals surface area contributed by atoms with Crippen molar-refractivity contribution in [1.29, 1.82) is 0 Å². The molecule has 0 saturated carbocycles.